The highest BCUT2D eigenvalue weighted by atomic mass is 16.5. The van der Waals surface area contributed by atoms with Crippen LogP contribution in [0.15, 0.2) is 12.1 Å². The van der Waals surface area contributed by atoms with E-state index in [1.165, 1.54) is 0 Å². The van der Waals surface area contributed by atoms with Gasteiger partial charge in [0.2, 0.25) is 0 Å². The minimum absolute atomic E-state index is 0.498. The first-order chi connectivity index (χ1) is 8.43. The van der Waals surface area contributed by atoms with Crippen molar-refractivity contribution < 1.29 is 14.2 Å². The maximum Gasteiger partial charge on any atom is 0.164 e. The van der Waals surface area contributed by atoms with Crippen molar-refractivity contribution in [2.75, 3.05) is 20.8 Å². The standard InChI is InChI=1S/C14H23NO3/c1-6-7-18-13-9-11(16-4)10(14(2,3)15)8-12(13)17-5/h8-9H,6-7,15H2,1-5H3. The van der Waals surface area contributed by atoms with E-state index in [2.05, 4.69) is 6.92 Å². The van der Waals surface area contributed by atoms with Crippen molar-refractivity contribution in [3.63, 3.8) is 0 Å². The lowest BCUT2D eigenvalue weighted by molar-refractivity contribution is 0.290. The number of hydrogen-bond donors (Lipinski definition) is 1. The van der Waals surface area contributed by atoms with Crippen molar-refractivity contribution >= 4 is 0 Å². The summed E-state index contributed by atoms with van der Waals surface area (Å²) in [5.74, 6) is 2.08. The predicted octanol–water partition coefficient (Wildman–Crippen LogP) is 2.69. The molecule has 0 amide bonds. The van der Waals surface area contributed by atoms with Crippen molar-refractivity contribution in [2.24, 2.45) is 5.73 Å². The van der Waals surface area contributed by atoms with Crippen molar-refractivity contribution in [2.45, 2.75) is 32.7 Å². The first kappa shape index (κ1) is 14.6. The number of rotatable bonds is 6. The van der Waals surface area contributed by atoms with Crippen molar-refractivity contribution in [1.82, 2.24) is 0 Å². The van der Waals surface area contributed by atoms with E-state index in [0.29, 0.717) is 18.1 Å². The zero-order chi connectivity index (χ0) is 13.8. The van der Waals surface area contributed by atoms with Crippen molar-refractivity contribution in [3.05, 3.63) is 17.7 Å². The van der Waals surface area contributed by atoms with Crippen LogP contribution in [-0.4, -0.2) is 20.8 Å². The molecule has 0 heterocycles. The molecule has 0 unspecified atom stereocenters. The van der Waals surface area contributed by atoms with Crippen LogP contribution < -0.4 is 19.9 Å². The maximum atomic E-state index is 6.13. The van der Waals surface area contributed by atoms with E-state index >= 15 is 0 Å². The monoisotopic (exact) mass is 253 g/mol. The summed E-state index contributed by atoms with van der Waals surface area (Å²) in [6.45, 7) is 6.56. The normalized spacial score (nSPS) is 11.2. The van der Waals surface area contributed by atoms with E-state index in [9.17, 15) is 0 Å². The minimum atomic E-state index is -0.498. The summed E-state index contributed by atoms with van der Waals surface area (Å²) in [7, 11) is 3.24. The molecule has 0 atom stereocenters. The molecule has 0 bridgehead atoms. The average molecular weight is 253 g/mol. The summed E-state index contributed by atoms with van der Waals surface area (Å²) in [6, 6.07) is 3.71. The smallest absolute Gasteiger partial charge is 0.164 e. The molecule has 1 aromatic carbocycles. The maximum absolute atomic E-state index is 6.13. The van der Waals surface area contributed by atoms with Crippen LogP contribution >= 0.6 is 0 Å². The van der Waals surface area contributed by atoms with E-state index in [4.69, 9.17) is 19.9 Å². The molecule has 0 aliphatic carbocycles. The second kappa shape index (κ2) is 5.96. The van der Waals surface area contributed by atoms with Crippen LogP contribution in [-0.2, 0) is 5.54 Å². The summed E-state index contributed by atoms with van der Waals surface area (Å²) in [5.41, 5.74) is 6.53. The summed E-state index contributed by atoms with van der Waals surface area (Å²) in [6.07, 6.45) is 0.940. The van der Waals surface area contributed by atoms with Gasteiger partial charge in [-0.2, -0.15) is 0 Å². The van der Waals surface area contributed by atoms with Crippen LogP contribution in [0.1, 0.15) is 32.8 Å². The Morgan fingerprint density at radius 1 is 1.06 bits per heavy atom. The van der Waals surface area contributed by atoms with Gasteiger partial charge in [0.05, 0.1) is 20.8 Å². The van der Waals surface area contributed by atoms with E-state index in [1.807, 2.05) is 26.0 Å². The van der Waals surface area contributed by atoms with Crippen molar-refractivity contribution in [1.29, 1.82) is 0 Å². The summed E-state index contributed by atoms with van der Waals surface area (Å²) in [4.78, 5) is 0. The van der Waals surface area contributed by atoms with Gasteiger partial charge in [0.25, 0.3) is 0 Å². The van der Waals surface area contributed by atoms with Crippen LogP contribution in [0.3, 0.4) is 0 Å². The van der Waals surface area contributed by atoms with Gasteiger partial charge in [-0.15, -0.1) is 0 Å². The zero-order valence-corrected chi connectivity index (χ0v) is 11.9. The molecule has 4 nitrogen and oxygen atoms in total. The molecule has 4 heteroatoms. The summed E-state index contributed by atoms with van der Waals surface area (Å²) < 4.78 is 16.4. The number of methoxy groups -OCH3 is 2. The van der Waals surface area contributed by atoms with Gasteiger partial charge >= 0.3 is 0 Å². The predicted molar refractivity (Wildman–Crippen MR) is 72.5 cm³/mol. The quantitative estimate of drug-likeness (QED) is 0.847. The molecular formula is C14H23NO3. The molecule has 0 saturated carbocycles. The highest BCUT2D eigenvalue weighted by Gasteiger charge is 2.22. The third kappa shape index (κ3) is 3.29. The molecule has 0 saturated heterocycles. The lowest BCUT2D eigenvalue weighted by Crippen LogP contribution is -2.29. The molecular weight excluding hydrogens is 230 g/mol. The summed E-state index contributed by atoms with van der Waals surface area (Å²) >= 11 is 0. The molecule has 2 N–H and O–H groups in total. The van der Waals surface area contributed by atoms with E-state index < -0.39 is 5.54 Å². The Kier molecular flexibility index (Phi) is 4.84. The van der Waals surface area contributed by atoms with E-state index in [1.54, 1.807) is 14.2 Å². The van der Waals surface area contributed by atoms with Crippen molar-refractivity contribution in [3.8, 4) is 17.2 Å². The Balaban J connectivity index is 3.23. The van der Waals surface area contributed by atoms with Crippen LogP contribution in [0, 0.1) is 0 Å². The highest BCUT2D eigenvalue weighted by molar-refractivity contribution is 5.52. The Bertz CT molecular complexity index is 397. The van der Waals surface area contributed by atoms with E-state index in [0.717, 1.165) is 17.7 Å². The van der Waals surface area contributed by atoms with Crippen LogP contribution in [0.4, 0.5) is 0 Å². The number of nitrogens with two attached hydrogens (primary N) is 1. The topological polar surface area (TPSA) is 53.7 Å². The Labute approximate surface area is 109 Å². The van der Waals surface area contributed by atoms with Crippen LogP contribution in [0.5, 0.6) is 17.2 Å². The van der Waals surface area contributed by atoms with Gasteiger partial charge in [0.1, 0.15) is 5.75 Å². The fraction of sp³-hybridized carbons (Fsp3) is 0.571. The minimum Gasteiger partial charge on any atom is -0.496 e. The molecule has 0 radical (unpaired) electrons. The van der Waals surface area contributed by atoms with Gasteiger partial charge < -0.3 is 19.9 Å². The van der Waals surface area contributed by atoms with Gasteiger partial charge in [0, 0.05) is 17.2 Å². The van der Waals surface area contributed by atoms with Gasteiger partial charge in [-0.1, -0.05) is 6.92 Å². The zero-order valence-electron chi connectivity index (χ0n) is 11.9. The van der Waals surface area contributed by atoms with Crippen LogP contribution in [0.2, 0.25) is 0 Å². The molecule has 1 aromatic rings. The Hall–Kier alpha value is -1.42. The van der Waals surface area contributed by atoms with Gasteiger partial charge in [0.15, 0.2) is 11.5 Å². The lowest BCUT2D eigenvalue weighted by atomic mass is 9.94. The molecule has 0 aliphatic heterocycles. The van der Waals surface area contributed by atoms with Gasteiger partial charge in [-0.05, 0) is 26.3 Å². The third-order valence-electron chi connectivity index (χ3n) is 2.64. The number of benzene rings is 1. The largest absolute Gasteiger partial charge is 0.496 e. The first-order valence-corrected chi connectivity index (χ1v) is 6.12. The van der Waals surface area contributed by atoms with E-state index in [-0.39, 0.29) is 0 Å². The molecule has 0 aliphatic rings. The second-order valence-corrected chi connectivity index (χ2v) is 4.77. The fourth-order valence-corrected chi connectivity index (χ4v) is 1.70. The second-order valence-electron chi connectivity index (χ2n) is 4.77. The molecule has 0 aromatic heterocycles. The SMILES string of the molecule is CCCOc1cc(OC)c(C(C)(C)N)cc1OC. The molecule has 0 fully saturated rings. The van der Waals surface area contributed by atoms with Crippen LogP contribution in [0.25, 0.3) is 0 Å². The average Bonchev–Trinajstić information content (AvgIpc) is 2.33. The Morgan fingerprint density at radius 2 is 1.67 bits per heavy atom. The lowest BCUT2D eigenvalue weighted by Gasteiger charge is -2.24. The number of hydrogen-bond acceptors (Lipinski definition) is 4. The number of ether oxygens (including phenoxy) is 3. The molecule has 102 valence electrons. The highest BCUT2D eigenvalue weighted by Crippen LogP contribution is 2.38. The van der Waals surface area contributed by atoms with Gasteiger partial charge in [-0.3, -0.25) is 0 Å². The van der Waals surface area contributed by atoms with Gasteiger partial charge in [-0.25, -0.2) is 0 Å². The Morgan fingerprint density at radius 3 is 2.11 bits per heavy atom. The third-order valence-corrected chi connectivity index (χ3v) is 2.64. The molecule has 1 rings (SSSR count). The summed E-state index contributed by atoms with van der Waals surface area (Å²) in [5, 5.41) is 0. The first-order valence-electron chi connectivity index (χ1n) is 6.12. The fourth-order valence-electron chi connectivity index (χ4n) is 1.70. The molecule has 18 heavy (non-hydrogen) atoms. The molecule has 0 spiro atoms.